The molecule has 3 saturated heterocycles. The molecule has 0 radical (unpaired) electrons. The Kier molecular flexibility index (Phi) is 15.8. The first-order valence-electron chi connectivity index (χ1n) is 12.2. The maximum Gasteiger partial charge on any atom is 0.366 e. The van der Waals surface area contributed by atoms with E-state index in [1.165, 1.54) is 37.5 Å². The van der Waals surface area contributed by atoms with Gasteiger partial charge in [0.2, 0.25) is 10.0 Å². The van der Waals surface area contributed by atoms with Gasteiger partial charge in [0.15, 0.2) is 12.4 Å². The molecule has 3 aliphatic rings. The molecule has 15 nitrogen and oxygen atoms in total. The molecule has 0 saturated carbocycles. The van der Waals surface area contributed by atoms with Crippen LogP contribution in [0.1, 0.15) is 0 Å². The second kappa shape index (κ2) is 17.4. The summed E-state index contributed by atoms with van der Waals surface area (Å²) < 4.78 is 83.9. The number of anilines is 1. The largest absolute Gasteiger partial charge is 0.379 e. The molecule has 4 heterocycles. The van der Waals surface area contributed by atoms with Gasteiger partial charge in [0.05, 0.1) is 52.2 Å². The number of rotatable bonds is 4. The van der Waals surface area contributed by atoms with Crippen molar-refractivity contribution >= 4 is 35.9 Å². The van der Waals surface area contributed by atoms with Crippen molar-refractivity contribution < 1.29 is 43.4 Å². The summed E-state index contributed by atoms with van der Waals surface area (Å²) in [6, 6.07) is 3.50. The summed E-state index contributed by atoms with van der Waals surface area (Å²) in [5.74, 6) is 0. The molecule has 228 valence electrons. The third kappa shape index (κ3) is 15.8. The Balaban J connectivity index is 0.000000267. The zero-order valence-corrected chi connectivity index (χ0v) is 25.5. The number of ether oxygens (including phenoxy) is 3. The lowest BCUT2D eigenvalue weighted by Gasteiger charge is -2.23. The van der Waals surface area contributed by atoms with Gasteiger partial charge in [-0.05, 0) is 0 Å². The van der Waals surface area contributed by atoms with E-state index in [9.17, 15) is 25.3 Å². The fraction of sp³-hybridized carbons (Fsp3) is 0.762. The number of aromatic nitrogens is 1. The van der Waals surface area contributed by atoms with E-state index in [0.717, 1.165) is 32.0 Å². The number of nitrogens with one attached hydrogen (secondary N) is 1. The van der Waals surface area contributed by atoms with Gasteiger partial charge in [-0.3, -0.25) is 0 Å². The van der Waals surface area contributed by atoms with Gasteiger partial charge in [0.1, 0.15) is 0 Å². The maximum atomic E-state index is 11.1. The van der Waals surface area contributed by atoms with Crippen LogP contribution in [0.15, 0.2) is 24.5 Å². The zero-order chi connectivity index (χ0) is 29.5. The van der Waals surface area contributed by atoms with Crippen molar-refractivity contribution in [3.05, 3.63) is 24.5 Å². The van der Waals surface area contributed by atoms with Gasteiger partial charge in [-0.15, -0.1) is 0 Å². The topological polar surface area (TPSA) is 182 Å². The average molecular weight is 620 g/mol. The third-order valence-corrected chi connectivity index (χ3v) is 8.70. The van der Waals surface area contributed by atoms with Crippen LogP contribution in [-0.2, 0) is 44.5 Å². The summed E-state index contributed by atoms with van der Waals surface area (Å²) >= 11 is 0. The van der Waals surface area contributed by atoms with Crippen LogP contribution in [0, 0.1) is 0 Å². The third-order valence-electron chi connectivity index (χ3n) is 5.30. The number of hydrogen-bond acceptors (Lipinski definition) is 11. The Hall–Kier alpha value is -1.48. The van der Waals surface area contributed by atoms with Gasteiger partial charge in [-0.2, -0.15) is 25.4 Å². The second-order valence-electron chi connectivity index (χ2n) is 8.74. The van der Waals surface area contributed by atoms with Crippen LogP contribution >= 0.6 is 0 Å². The molecule has 0 atom stereocenters. The summed E-state index contributed by atoms with van der Waals surface area (Å²) in [4.78, 5) is 1.91. The van der Waals surface area contributed by atoms with Crippen LogP contribution in [0.3, 0.4) is 0 Å². The highest BCUT2D eigenvalue weighted by atomic mass is 32.2. The van der Waals surface area contributed by atoms with Gasteiger partial charge in [-0.25, -0.2) is 13.6 Å². The van der Waals surface area contributed by atoms with E-state index in [4.69, 9.17) is 19.3 Å². The van der Waals surface area contributed by atoms with Crippen molar-refractivity contribution in [3.63, 3.8) is 0 Å². The van der Waals surface area contributed by atoms with Crippen molar-refractivity contribution in [2.75, 3.05) is 110 Å². The minimum atomic E-state index is -3.47. The molecule has 3 N–H and O–H groups in total. The molecular weight excluding hydrogens is 576 g/mol. The molecule has 39 heavy (non-hydrogen) atoms. The predicted molar refractivity (Wildman–Crippen MR) is 148 cm³/mol. The van der Waals surface area contributed by atoms with Gasteiger partial charge >= 0.3 is 10.0 Å². The van der Waals surface area contributed by atoms with Gasteiger partial charge in [0.25, 0.3) is 10.2 Å². The molecule has 0 amide bonds. The molecule has 3 fully saturated rings. The monoisotopic (exact) mass is 619 g/mol. The highest BCUT2D eigenvalue weighted by molar-refractivity contribution is 7.88. The van der Waals surface area contributed by atoms with E-state index in [0.29, 0.717) is 52.6 Å². The molecule has 0 unspecified atom stereocenters. The fourth-order valence-corrected chi connectivity index (χ4v) is 5.15. The van der Waals surface area contributed by atoms with Crippen molar-refractivity contribution in [1.29, 1.82) is 0 Å². The highest BCUT2D eigenvalue weighted by Crippen LogP contribution is 2.06. The van der Waals surface area contributed by atoms with Crippen molar-refractivity contribution in [2.24, 2.45) is 5.14 Å². The lowest BCUT2D eigenvalue weighted by Crippen LogP contribution is -2.44. The molecule has 1 aromatic heterocycles. The molecule has 18 heteroatoms. The summed E-state index contributed by atoms with van der Waals surface area (Å²) in [6.07, 6.45) is 5.45. The van der Waals surface area contributed by atoms with Crippen molar-refractivity contribution in [2.45, 2.75) is 0 Å². The number of sulfonamides is 1. The highest BCUT2D eigenvalue weighted by Gasteiger charge is 2.20. The molecule has 0 aliphatic carbocycles. The molecule has 4 rings (SSSR count). The minimum absolute atomic E-state index is 0.374. The van der Waals surface area contributed by atoms with Gasteiger partial charge in [0, 0.05) is 71.2 Å². The Bertz CT molecular complexity index is 1070. The Morgan fingerprint density at radius 2 is 1.18 bits per heavy atom. The van der Waals surface area contributed by atoms with E-state index in [-0.39, 0.29) is 0 Å². The summed E-state index contributed by atoms with van der Waals surface area (Å²) in [6.45, 7) is 7.50. The van der Waals surface area contributed by atoms with E-state index in [1.54, 1.807) is 12.1 Å². The summed E-state index contributed by atoms with van der Waals surface area (Å²) in [5.41, 5.74) is 0.972. The van der Waals surface area contributed by atoms with Gasteiger partial charge in [-0.1, -0.05) is 3.97 Å². The first-order valence-corrected chi connectivity index (χ1v) is 17.4. The Morgan fingerprint density at radius 1 is 0.769 bits per heavy atom. The number of hydrogen-bond donors (Lipinski definition) is 2. The lowest BCUT2D eigenvalue weighted by atomic mass is 10.4. The summed E-state index contributed by atoms with van der Waals surface area (Å²) in [5, 5.41) is 8.01. The van der Waals surface area contributed by atoms with Crippen molar-refractivity contribution in [1.82, 2.24) is 13.9 Å². The quantitative estimate of drug-likeness (QED) is 0.334. The number of nitrogens with zero attached hydrogens (tertiary/aromatic N) is 4. The zero-order valence-electron chi connectivity index (χ0n) is 23.1. The van der Waals surface area contributed by atoms with Crippen molar-refractivity contribution in [3.8, 4) is 0 Å². The minimum Gasteiger partial charge on any atom is -0.379 e. The lowest BCUT2D eigenvalue weighted by molar-refractivity contribution is -0.510. The fourth-order valence-electron chi connectivity index (χ4n) is 3.12. The molecule has 0 aromatic carbocycles. The predicted octanol–water partition coefficient (Wildman–Crippen LogP) is -2.75. The van der Waals surface area contributed by atoms with Crippen LogP contribution in [-0.4, -0.2) is 139 Å². The second-order valence-corrected chi connectivity index (χ2v) is 14.2. The Labute approximate surface area is 233 Å². The van der Waals surface area contributed by atoms with Crippen LogP contribution in [0.4, 0.5) is 5.69 Å². The number of pyridine rings is 1. The molecule has 3 aliphatic heterocycles. The number of nitrogens with two attached hydrogens (primary N) is 1. The molecular formula is C21H43N6O9S3+. The first kappa shape index (κ1) is 35.5. The first-order chi connectivity index (χ1) is 18.1. The van der Waals surface area contributed by atoms with Crippen LogP contribution in [0.25, 0.3) is 0 Å². The molecule has 0 spiro atoms. The van der Waals surface area contributed by atoms with Crippen LogP contribution < -0.4 is 19.3 Å². The molecule has 0 bridgehead atoms. The smallest absolute Gasteiger partial charge is 0.366 e. The Morgan fingerprint density at radius 3 is 1.41 bits per heavy atom. The van der Waals surface area contributed by atoms with E-state index in [2.05, 4.69) is 5.32 Å². The maximum absolute atomic E-state index is 11.1. The average Bonchev–Trinajstić information content (AvgIpc) is 2.90. The normalized spacial score (nSPS) is 19.2. The number of morpholine rings is 3. The van der Waals surface area contributed by atoms with E-state index >= 15 is 0 Å². The van der Waals surface area contributed by atoms with Gasteiger partial charge < -0.3 is 24.4 Å². The standard InChI is InChI=1S/C8H13N2O2S.C5H11NO3S.C4H10N2O3S.C4H9NO/c1-9(2)8-4-6-10(7-5-8)13(3,11)12;1-10(7,8)6-2-4-9-5-3-6;5-10(7,8)6-1-3-9-4-2-6;1-3-6-4-2-5-1/h4-7H,1-3H3;2-5H2,1H3;1-4H2,(H2,5,7,8);5H,1-4H2/q+1;;;. The van der Waals surface area contributed by atoms with Crippen LogP contribution in [0.2, 0.25) is 0 Å². The van der Waals surface area contributed by atoms with E-state index in [1.807, 2.05) is 19.0 Å². The van der Waals surface area contributed by atoms with Crippen LogP contribution in [0.5, 0.6) is 0 Å². The SMILES string of the molecule is C1COCCN1.CN(C)c1cc[n+](S(C)(=O)=O)cc1.CS(=O)(=O)N1CCOCC1.NS(=O)(=O)N1CCOCC1. The van der Waals surface area contributed by atoms with E-state index < -0.39 is 30.3 Å². The molecule has 1 aromatic rings. The summed E-state index contributed by atoms with van der Waals surface area (Å²) in [7, 11) is -5.79.